The topological polar surface area (TPSA) is 72.2 Å². The Balaban J connectivity index is 3.07. The maximum Gasteiger partial charge on any atom is 0.229 e. The van der Waals surface area contributed by atoms with Crippen LogP contribution in [0.4, 0.5) is 5.69 Å². The Morgan fingerprint density at radius 2 is 2.19 bits per heavy atom. The van der Waals surface area contributed by atoms with Crippen molar-refractivity contribution >= 4 is 27.3 Å². The molecule has 86 valence electrons. The molecule has 0 radical (unpaired) electrons. The minimum absolute atomic E-state index is 0.222. The average Bonchev–Trinajstić information content (AvgIpc) is 2.17. The molecule has 0 aliphatic rings. The smallest absolute Gasteiger partial charge is 0.229 e. The van der Waals surface area contributed by atoms with E-state index in [9.17, 15) is 8.42 Å². The first-order chi connectivity index (χ1) is 7.42. The van der Waals surface area contributed by atoms with Gasteiger partial charge in [0.2, 0.25) is 10.0 Å². The second kappa shape index (κ2) is 5.21. The number of sulfonamides is 1. The zero-order valence-electron chi connectivity index (χ0n) is 8.62. The van der Waals surface area contributed by atoms with Gasteiger partial charge < -0.3 is 5.73 Å². The highest BCUT2D eigenvalue weighted by molar-refractivity contribution is 7.92. The van der Waals surface area contributed by atoms with Gasteiger partial charge in [-0.15, -0.1) is 0 Å². The summed E-state index contributed by atoms with van der Waals surface area (Å²) < 4.78 is 24.4. The van der Waals surface area contributed by atoms with E-state index in [1.165, 1.54) is 0 Å². The van der Waals surface area contributed by atoms with Crippen molar-refractivity contribution in [3.63, 3.8) is 0 Å². The van der Waals surface area contributed by atoms with E-state index in [0.717, 1.165) is 6.26 Å². The highest BCUT2D eigenvalue weighted by atomic mass is 35.5. The molecule has 0 saturated carbocycles. The lowest BCUT2D eigenvalue weighted by Crippen LogP contribution is -2.09. The van der Waals surface area contributed by atoms with Crippen molar-refractivity contribution in [1.82, 2.24) is 0 Å². The molecule has 0 aliphatic heterocycles. The van der Waals surface area contributed by atoms with E-state index in [1.54, 1.807) is 18.2 Å². The summed E-state index contributed by atoms with van der Waals surface area (Å²) >= 11 is 5.88. The number of hydrogen-bond acceptors (Lipinski definition) is 3. The van der Waals surface area contributed by atoms with E-state index in [4.69, 9.17) is 17.3 Å². The van der Waals surface area contributed by atoms with Gasteiger partial charge >= 0.3 is 0 Å². The van der Waals surface area contributed by atoms with E-state index in [2.05, 4.69) is 16.6 Å². The van der Waals surface area contributed by atoms with Gasteiger partial charge in [-0.3, -0.25) is 4.72 Å². The van der Waals surface area contributed by atoms with Crippen LogP contribution in [0, 0.1) is 11.8 Å². The van der Waals surface area contributed by atoms with Crippen molar-refractivity contribution < 1.29 is 8.42 Å². The quantitative estimate of drug-likeness (QED) is 0.778. The minimum atomic E-state index is -3.29. The fraction of sp³-hybridized carbons (Fsp3) is 0.200. The van der Waals surface area contributed by atoms with Gasteiger partial charge in [0, 0.05) is 11.3 Å². The predicted octanol–water partition coefficient (Wildman–Crippen LogP) is 1.02. The van der Waals surface area contributed by atoms with E-state index in [0.29, 0.717) is 16.3 Å². The molecule has 0 heterocycles. The lowest BCUT2D eigenvalue weighted by Gasteiger charge is -2.04. The second-order valence-corrected chi connectivity index (χ2v) is 5.23. The number of benzene rings is 1. The minimum Gasteiger partial charge on any atom is -0.320 e. The molecular formula is C10H11ClN2O2S. The molecule has 0 unspecified atom stereocenters. The molecule has 6 heteroatoms. The number of hydrogen-bond donors (Lipinski definition) is 2. The van der Waals surface area contributed by atoms with E-state index in [1.807, 2.05) is 0 Å². The molecule has 1 aromatic carbocycles. The van der Waals surface area contributed by atoms with Gasteiger partial charge in [0.1, 0.15) is 0 Å². The number of nitrogens with one attached hydrogen (secondary N) is 1. The zero-order valence-corrected chi connectivity index (χ0v) is 10.2. The van der Waals surface area contributed by atoms with Crippen molar-refractivity contribution in [2.75, 3.05) is 17.5 Å². The molecule has 0 aliphatic carbocycles. The third-order valence-corrected chi connectivity index (χ3v) is 2.53. The Kier molecular flexibility index (Phi) is 4.19. The average molecular weight is 259 g/mol. The Morgan fingerprint density at radius 3 is 2.75 bits per heavy atom. The summed E-state index contributed by atoms with van der Waals surface area (Å²) in [5, 5.41) is 0.458. The van der Waals surface area contributed by atoms with Crippen LogP contribution >= 0.6 is 11.6 Å². The van der Waals surface area contributed by atoms with Crippen LogP contribution in [0.2, 0.25) is 5.02 Å². The van der Waals surface area contributed by atoms with Crippen molar-refractivity contribution in [2.45, 2.75) is 0 Å². The van der Waals surface area contributed by atoms with Crippen LogP contribution in [-0.2, 0) is 10.0 Å². The fourth-order valence-electron chi connectivity index (χ4n) is 1.04. The van der Waals surface area contributed by atoms with Crippen molar-refractivity contribution in [2.24, 2.45) is 5.73 Å². The van der Waals surface area contributed by atoms with E-state index >= 15 is 0 Å². The number of rotatable bonds is 2. The van der Waals surface area contributed by atoms with Crippen LogP contribution in [0.1, 0.15) is 5.56 Å². The van der Waals surface area contributed by atoms with Gasteiger partial charge in [-0.1, -0.05) is 23.4 Å². The third kappa shape index (κ3) is 4.11. The van der Waals surface area contributed by atoms with Crippen molar-refractivity contribution in [3.8, 4) is 11.8 Å². The van der Waals surface area contributed by atoms with E-state index < -0.39 is 10.0 Å². The number of nitrogens with two attached hydrogens (primary N) is 1. The van der Waals surface area contributed by atoms with Crippen LogP contribution in [0.15, 0.2) is 18.2 Å². The Morgan fingerprint density at radius 1 is 1.50 bits per heavy atom. The molecule has 0 amide bonds. The molecule has 1 rings (SSSR count). The van der Waals surface area contributed by atoms with Gasteiger partial charge in [0.05, 0.1) is 17.8 Å². The molecule has 16 heavy (non-hydrogen) atoms. The van der Waals surface area contributed by atoms with Gasteiger partial charge in [-0.25, -0.2) is 8.42 Å². The normalized spacial score (nSPS) is 10.4. The maximum atomic E-state index is 11.0. The molecule has 0 bridgehead atoms. The molecular weight excluding hydrogens is 248 g/mol. The summed E-state index contributed by atoms with van der Waals surface area (Å²) in [4.78, 5) is 0. The molecule has 0 aromatic heterocycles. The van der Waals surface area contributed by atoms with Crippen molar-refractivity contribution in [1.29, 1.82) is 0 Å². The Bertz CT molecular complexity index is 544. The molecule has 0 atom stereocenters. The molecule has 0 saturated heterocycles. The van der Waals surface area contributed by atoms with Crippen LogP contribution in [0.3, 0.4) is 0 Å². The molecule has 0 spiro atoms. The molecule has 1 aromatic rings. The standard InChI is InChI=1S/C10H11ClN2O2S/c1-16(14,15)13-9-4-5-10(11)8(7-9)3-2-6-12/h4-5,7,13H,6,12H2,1H3. The first kappa shape index (κ1) is 12.8. The van der Waals surface area contributed by atoms with Gasteiger partial charge in [-0.2, -0.15) is 0 Å². The van der Waals surface area contributed by atoms with Crippen LogP contribution < -0.4 is 10.5 Å². The Labute approximate surface area is 99.8 Å². The third-order valence-electron chi connectivity index (χ3n) is 1.59. The summed E-state index contributed by atoms with van der Waals surface area (Å²) in [5.74, 6) is 5.41. The first-order valence-corrected chi connectivity index (χ1v) is 6.65. The second-order valence-electron chi connectivity index (χ2n) is 3.07. The molecule has 0 fully saturated rings. The Hall–Kier alpha value is -1.22. The summed E-state index contributed by atoms with van der Waals surface area (Å²) in [6.07, 6.45) is 1.08. The van der Waals surface area contributed by atoms with Crippen LogP contribution in [0.25, 0.3) is 0 Å². The summed E-state index contributed by atoms with van der Waals surface area (Å²) in [6, 6.07) is 4.71. The summed E-state index contributed by atoms with van der Waals surface area (Å²) in [6.45, 7) is 0.222. The van der Waals surface area contributed by atoms with Gasteiger partial charge in [0.15, 0.2) is 0 Å². The predicted molar refractivity (Wildman–Crippen MR) is 65.9 cm³/mol. The highest BCUT2D eigenvalue weighted by Gasteiger charge is 2.04. The lowest BCUT2D eigenvalue weighted by molar-refractivity contribution is 0.607. The maximum absolute atomic E-state index is 11.0. The largest absolute Gasteiger partial charge is 0.320 e. The monoisotopic (exact) mass is 258 g/mol. The summed E-state index contributed by atoms with van der Waals surface area (Å²) in [5.41, 5.74) is 6.20. The van der Waals surface area contributed by atoms with Crippen LogP contribution in [0.5, 0.6) is 0 Å². The number of halogens is 1. The highest BCUT2D eigenvalue weighted by Crippen LogP contribution is 2.20. The summed E-state index contributed by atoms with van der Waals surface area (Å²) in [7, 11) is -3.29. The zero-order chi connectivity index (χ0) is 12.2. The molecule has 3 N–H and O–H groups in total. The lowest BCUT2D eigenvalue weighted by atomic mass is 10.2. The SMILES string of the molecule is CS(=O)(=O)Nc1ccc(Cl)c(C#CCN)c1. The van der Waals surface area contributed by atoms with Gasteiger partial charge in [0.25, 0.3) is 0 Å². The van der Waals surface area contributed by atoms with Crippen molar-refractivity contribution in [3.05, 3.63) is 28.8 Å². The first-order valence-electron chi connectivity index (χ1n) is 4.38. The fourth-order valence-corrected chi connectivity index (χ4v) is 1.76. The number of anilines is 1. The van der Waals surface area contributed by atoms with Gasteiger partial charge in [-0.05, 0) is 18.2 Å². The van der Waals surface area contributed by atoms with E-state index in [-0.39, 0.29) is 6.54 Å². The van der Waals surface area contributed by atoms with Crippen LogP contribution in [-0.4, -0.2) is 21.2 Å². The molecule has 4 nitrogen and oxygen atoms in total.